The van der Waals surface area contributed by atoms with Gasteiger partial charge in [0.2, 0.25) is 0 Å². The second-order valence-corrected chi connectivity index (χ2v) is 8.53. The number of anilines is 2. The Hall–Kier alpha value is -3.07. The lowest BCUT2D eigenvalue weighted by molar-refractivity contribution is 0.276. The molecule has 1 aliphatic rings. The number of thiophene rings is 1. The number of benzene rings is 1. The van der Waals surface area contributed by atoms with Crippen LogP contribution in [0.15, 0.2) is 61.1 Å². The lowest BCUT2D eigenvalue weighted by Gasteiger charge is -2.28. The Morgan fingerprint density at radius 3 is 2.65 bits per heavy atom. The number of nitrogens with one attached hydrogen (secondary N) is 2. The Kier molecular flexibility index (Phi) is 5.75. The summed E-state index contributed by atoms with van der Waals surface area (Å²) in [4.78, 5) is 17.0. The second kappa shape index (κ2) is 8.97. The van der Waals surface area contributed by atoms with Gasteiger partial charge < -0.3 is 20.6 Å². The third-order valence-corrected chi connectivity index (χ3v) is 6.66. The van der Waals surface area contributed by atoms with Gasteiger partial charge in [-0.05, 0) is 23.8 Å². The summed E-state index contributed by atoms with van der Waals surface area (Å²) >= 11 is 1.63. The summed E-state index contributed by atoms with van der Waals surface area (Å²) in [6.07, 6.45) is 3.50. The smallest absolute Gasteiger partial charge is 0.148 e. The van der Waals surface area contributed by atoms with E-state index in [9.17, 15) is 5.11 Å². The largest absolute Gasteiger partial charge is 0.394 e. The van der Waals surface area contributed by atoms with E-state index in [-0.39, 0.29) is 12.6 Å². The first-order valence-electron chi connectivity index (χ1n) is 10.4. The van der Waals surface area contributed by atoms with Crippen LogP contribution in [0.5, 0.6) is 0 Å². The molecule has 8 heteroatoms. The fourth-order valence-corrected chi connectivity index (χ4v) is 4.85. The Bertz CT molecular complexity index is 1140. The second-order valence-electron chi connectivity index (χ2n) is 7.48. The zero-order valence-electron chi connectivity index (χ0n) is 17.0. The van der Waals surface area contributed by atoms with Crippen LogP contribution in [0.3, 0.4) is 0 Å². The first-order chi connectivity index (χ1) is 15.3. The molecule has 5 rings (SSSR count). The molecule has 0 unspecified atom stereocenters. The number of nitrogens with zero attached hydrogens (tertiary/aromatic N) is 4. The van der Waals surface area contributed by atoms with Crippen LogP contribution in [-0.2, 0) is 0 Å². The van der Waals surface area contributed by atoms with E-state index in [1.165, 1.54) is 0 Å². The van der Waals surface area contributed by atoms with Crippen LogP contribution < -0.4 is 15.5 Å². The minimum atomic E-state index is -0.232. The maximum atomic E-state index is 9.91. The van der Waals surface area contributed by atoms with Gasteiger partial charge in [0.1, 0.15) is 18.0 Å². The SMILES string of the molecule is OC[C@@H](Nc1ncnc2cc(-c3ccc(N4CCNCC4)nc3)sc12)c1ccccc1. The minimum Gasteiger partial charge on any atom is -0.394 e. The van der Waals surface area contributed by atoms with Gasteiger partial charge in [-0.25, -0.2) is 15.0 Å². The third-order valence-electron chi connectivity index (χ3n) is 5.48. The number of aromatic nitrogens is 3. The third kappa shape index (κ3) is 4.23. The molecule has 1 fully saturated rings. The minimum absolute atomic E-state index is 0.0227. The molecule has 1 aromatic carbocycles. The van der Waals surface area contributed by atoms with Crippen molar-refractivity contribution in [3.05, 3.63) is 66.6 Å². The molecule has 1 aliphatic heterocycles. The number of rotatable bonds is 6. The van der Waals surface area contributed by atoms with Gasteiger partial charge in [-0.2, -0.15) is 0 Å². The molecule has 1 saturated heterocycles. The van der Waals surface area contributed by atoms with Crippen LogP contribution in [0.4, 0.5) is 11.6 Å². The molecule has 4 aromatic rings. The molecule has 3 aromatic heterocycles. The van der Waals surface area contributed by atoms with Gasteiger partial charge >= 0.3 is 0 Å². The Balaban J connectivity index is 1.41. The molecule has 1 atom stereocenters. The highest BCUT2D eigenvalue weighted by atomic mass is 32.1. The Morgan fingerprint density at radius 2 is 1.90 bits per heavy atom. The van der Waals surface area contributed by atoms with E-state index in [0.29, 0.717) is 0 Å². The zero-order valence-corrected chi connectivity index (χ0v) is 17.8. The molecule has 158 valence electrons. The summed E-state index contributed by atoms with van der Waals surface area (Å²) in [5, 5.41) is 16.7. The molecule has 3 N–H and O–H groups in total. The molecule has 0 amide bonds. The molecule has 0 spiro atoms. The average molecular weight is 433 g/mol. The summed E-state index contributed by atoms with van der Waals surface area (Å²) in [6, 6.07) is 16.0. The lowest BCUT2D eigenvalue weighted by Crippen LogP contribution is -2.43. The van der Waals surface area contributed by atoms with Crippen LogP contribution in [0.2, 0.25) is 0 Å². The number of hydrogen-bond donors (Lipinski definition) is 3. The van der Waals surface area contributed by atoms with Gasteiger partial charge in [0, 0.05) is 42.8 Å². The number of piperazine rings is 1. The summed E-state index contributed by atoms with van der Waals surface area (Å²) < 4.78 is 0.970. The summed E-state index contributed by atoms with van der Waals surface area (Å²) in [6.45, 7) is 3.92. The van der Waals surface area contributed by atoms with E-state index in [2.05, 4.69) is 43.7 Å². The van der Waals surface area contributed by atoms with Crippen molar-refractivity contribution >= 4 is 33.2 Å². The van der Waals surface area contributed by atoms with Gasteiger partial charge in [-0.15, -0.1) is 11.3 Å². The van der Waals surface area contributed by atoms with Crippen LogP contribution >= 0.6 is 11.3 Å². The molecule has 31 heavy (non-hydrogen) atoms. The Labute approximate surface area is 184 Å². The number of aliphatic hydroxyl groups excluding tert-OH is 1. The highest BCUT2D eigenvalue weighted by Gasteiger charge is 2.16. The molecule has 0 radical (unpaired) electrons. The van der Waals surface area contributed by atoms with E-state index in [0.717, 1.165) is 64.0 Å². The van der Waals surface area contributed by atoms with Crippen molar-refractivity contribution in [3.63, 3.8) is 0 Å². The Morgan fingerprint density at radius 1 is 1.06 bits per heavy atom. The fourth-order valence-electron chi connectivity index (χ4n) is 3.80. The zero-order chi connectivity index (χ0) is 21.0. The molecular weight excluding hydrogens is 408 g/mol. The normalized spacial score (nSPS) is 15.2. The van der Waals surface area contributed by atoms with Gasteiger partial charge in [0.05, 0.1) is 22.9 Å². The monoisotopic (exact) mass is 432 g/mol. The van der Waals surface area contributed by atoms with Gasteiger partial charge in [0.25, 0.3) is 0 Å². The predicted molar refractivity (Wildman–Crippen MR) is 126 cm³/mol. The van der Waals surface area contributed by atoms with Crippen molar-refractivity contribution in [1.82, 2.24) is 20.3 Å². The predicted octanol–water partition coefficient (Wildman–Crippen LogP) is 3.31. The van der Waals surface area contributed by atoms with Gasteiger partial charge in [-0.1, -0.05) is 30.3 Å². The van der Waals surface area contributed by atoms with E-state index >= 15 is 0 Å². The number of aliphatic hydroxyl groups is 1. The first kappa shape index (κ1) is 19.9. The lowest BCUT2D eigenvalue weighted by atomic mass is 10.1. The van der Waals surface area contributed by atoms with Crippen LogP contribution in [0, 0.1) is 0 Å². The highest BCUT2D eigenvalue weighted by Crippen LogP contribution is 2.36. The first-order valence-corrected chi connectivity index (χ1v) is 11.2. The number of pyridine rings is 1. The summed E-state index contributed by atoms with van der Waals surface area (Å²) in [7, 11) is 0. The van der Waals surface area contributed by atoms with Gasteiger partial charge in [-0.3, -0.25) is 0 Å². The van der Waals surface area contributed by atoms with Gasteiger partial charge in [0.15, 0.2) is 0 Å². The highest BCUT2D eigenvalue weighted by molar-refractivity contribution is 7.22. The quantitative estimate of drug-likeness (QED) is 0.431. The maximum Gasteiger partial charge on any atom is 0.148 e. The molecule has 7 nitrogen and oxygen atoms in total. The van der Waals surface area contributed by atoms with Crippen molar-refractivity contribution in [1.29, 1.82) is 0 Å². The van der Waals surface area contributed by atoms with Crippen LogP contribution in [0.25, 0.3) is 20.7 Å². The van der Waals surface area contributed by atoms with Crippen molar-refractivity contribution in [2.45, 2.75) is 6.04 Å². The maximum absolute atomic E-state index is 9.91. The van der Waals surface area contributed by atoms with Crippen molar-refractivity contribution in [2.75, 3.05) is 43.0 Å². The molecule has 4 heterocycles. The van der Waals surface area contributed by atoms with Crippen LogP contribution in [-0.4, -0.2) is 52.8 Å². The topological polar surface area (TPSA) is 86.2 Å². The molecular formula is C23H24N6OS. The van der Waals surface area contributed by atoms with Crippen LogP contribution in [0.1, 0.15) is 11.6 Å². The molecule has 0 saturated carbocycles. The molecule has 0 bridgehead atoms. The standard InChI is InChI=1S/C23H24N6OS/c30-14-19(16-4-2-1-3-5-16)28-23-22-18(26-15-27-23)12-20(31-22)17-6-7-21(25-13-17)29-10-8-24-9-11-29/h1-7,12-13,15,19,24,30H,8-11,14H2,(H,26,27,28)/t19-/m1/s1. The van der Waals surface area contributed by atoms with Crippen molar-refractivity contribution in [2.24, 2.45) is 0 Å². The van der Waals surface area contributed by atoms with E-state index < -0.39 is 0 Å². The number of fused-ring (bicyclic) bond motifs is 1. The summed E-state index contributed by atoms with van der Waals surface area (Å²) in [5.41, 5.74) is 2.96. The van der Waals surface area contributed by atoms with Crippen molar-refractivity contribution in [3.8, 4) is 10.4 Å². The van der Waals surface area contributed by atoms with Crippen molar-refractivity contribution < 1.29 is 5.11 Å². The summed E-state index contributed by atoms with van der Waals surface area (Å²) in [5.74, 6) is 1.75. The average Bonchev–Trinajstić information content (AvgIpc) is 3.29. The number of hydrogen-bond acceptors (Lipinski definition) is 8. The molecule has 0 aliphatic carbocycles. The van der Waals surface area contributed by atoms with E-state index in [4.69, 9.17) is 4.98 Å². The van der Waals surface area contributed by atoms with E-state index in [1.807, 2.05) is 36.5 Å². The fraction of sp³-hybridized carbons (Fsp3) is 0.261. The van der Waals surface area contributed by atoms with E-state index in [1.54, 1.807) is 17.7 Å².